The molecule has 0 radical (unpaired) electrons. The minimum absolute atomic E-state index is 0.0746. The predicted octanol–water partition coefficient (Wildman–Crippen LogP) is 6.51. The number of anilines is 2. The number of amides is 1. The number of ether oxygens (including phenoxy) is 1. The molecular formula is C23H24FN3O2S2. The molecule has 4 rings (SSSR count). The number of hydrogen-bond acceptors (Lipinski definition) is 6. The zero-order valence-electron chi connectivity index (χ0n) is 17.4. The molecule has 2 aromatic carbocycles. The smallest absolute Gasteiger partial charge is 0.229 e. The summed E-state index contributed by atoms with van der Waals surface area (Å²) in [5.74, 6) is 0.620. The number of aromatic nitrogens is 1. The normalized spacial score (nSPS) is 13.9. The number of halogens is 1. The molecule has 1 fully saturated rings. The van der Waals surface area contributed by atoms with E-state index in [0.717, 1.165) is 52.4 Å². The van der Waals surface area contributed by atoms with Crippen LogP contribution in [0.4, 0.5) is 15.2 Å². The Hall–Kier alpha value is -2.58. The van der Waals surface area contributed by atoms with Gasteiger partial charge in [0.2, 0.25) is 5.91 Å². The molecule has 0 atom stereocenters. The Balaban J connectivity index is 1.52. The molecule has 3 aromatic rings. The van der Waals surface area contributed by atoms with Crippen molar-refractivity contribution in [2.75, 3.05) is 17.1 Å². The first-order chi connectivity index (χ1) is 15.0. The topological polar surface area (TPSA) is 63.2 Å². The predicted molar refractivity (Wildman–Crippen MR) is 125 cm³/mol. The summed E-state index contributed by atoms with van der Waals surface area (Å²) in [6, 6.07) is 12.2. The van der Waals surface area contributed by atoms with Gasteiger partial charge < -0.3 is 14.8 Å². The average molecular weight is 458 g/mol. The van der Waals surface area contributed by atoms with E-state index in [2.05, 4.69) is 15.0 Å². The summed E-state index contributed by atoms with van der Waals surface area (Å²) < 4.78 is 21.9. The lowest BCUT2D eigenvalue weighted by molar-refractivity contribution is -0.119. The third kappa shape index (κ3) is 5.19. The molecule has 5 nitrogen and oxygen atoms in total. The Labute approximate surface area is 189 Å². The maximum atomic E-state index is 13.1. The average Bonchev–Trinajstić information content (AvgIpc) is 3.43. The van der Waals surface area contributed by atoms with Crippen LogP contribution in [0.2, 0.25) is 0 Å². The van der Waals surface area contributed by atoms with Crippen molar-refractivity contribution >= 4 is 40.0 Å². The Morgan fingerprint density at radius 1 is 1.19 bits per heavy atom. The van der Waals surface area contributed by atoms with Gasteiger partial charge in [0, 0.05) is 10.8 Å². The molecule has 0 aliphatic heterocycles. The summed E-state index contributed by atoms with van der Waals surface area (Å²) in [4.78, 5) is 18.9. The molecule has 162 valence electrons. The highest BCUT2D eigenvalue weighted by Gasteiger charge is 2.24. The van der Waals surface area contributed by atoms with Crippen molar-refractivity contribution in [3.05, 3.63) is 54.0 Å². The molecule has 0 bridgehead atoms. The molecule has 1 heterocycles. The first-order valence-corrected chi connectivity index (χ1v) is 11.8. The van der Waals surface area contributed by atoms with E-state index < -0.39 is 0 Å². The lowest BCUT2D eigenvalue weighted by atomic mass is 10.1. The van der Waals surface area contributed by atoms with E-state index >= 15 is 0 Å². The quantitative estimate of drug-likeness (QED) is 0.396. The number of benzene rings is 2. The maximum Gasteiger partial charge on any atom is 0.229 e. The third-order valence-electron chi connectivity index (χ3n) is 5.31. The van der Waals surface area contributed by atoms with Gasteiger partial charge in [-0.05, 0) is 79.7 Å². The van der Waals surface area contributed by atoms with Crippen LogP contribution in [0, 0.1) is 18.7 Å². The van der Waals surface area contributed by atoms with E-state index in [1.807, 2.05) is 25.1 Å². The van der Waals surface area contributed by atoms with Gasteiger partial charge in [-0.3, -0.25) is 4.79 Å². The van der Waals surface area contributed by atoms with Crippen LogP contribution in [0.25, 0.3) is 10.4 Å². The second kappa shape index (κ2) is 9.70. The van der Waals surface area contributed by atoms with Crippen molar-refractivity contribution < 1.29 is 13.9 Å². The van der Waals surface area contributed by atoms with Crippen LogP contribution in [0.1, 0.15) is 31.4 Å². The van der Waals surface area contributed by atoms with Gasteiger partial charge in [-0.25, -0.2) is 9.37 Å². The van der Waals surface area contributed by atoms with Gasteiger partial charge in [0.15, 0.2) is 5.13 Å². The van der Waals surface area contributed by atoms with E-state index in [0.29, 0.717) is 10.9 Å². The Kier molecular flexibility index (Phi) is 6.77. The summed E-state index contributed by atoms with van der Waals surface area (Å²) in [5, 5.41) is 3.63. The number of rotatable bonds is 7. The minimum atomic E-state index is -0.263. The van der Waals surface area contributed by atoms with E-state index in [-0.39, 0.29) is 17.6 Å². The zero-order chi connectivity index (χ0) is 21.8. The monoisotopic (exact) mass is 457 g/mol. The van der Waals surface area contributed by atoms with Gasteiger partial charge in [-0.2, -0.15) is 0 Å². The molecule has 1 aliphatic carbocycles. The second-order valence-electron chi connectivity index (χ2n) is 7.48. The van der Waals surface area contributed by atoms with Gasteiger partial charge in [0.1, 0.15) is 11.6 Å². The van der Waals surface area contributed by atoms with Crippen LogP contribution in [0.5, 0.6) is 5.75 Å². The number of carbonyl (C=O) groups excluding carboxylic acids is 1. The molecule has 0 saturated heterocycles. The first-order valence-electron chi connectivity index (χ1n) is 10.2. The molecule has 1 aliphatic rings. The molecule has 31 heavy (non-hydrogen) atoms. The van der Waals surface area contributed by atoms with Crippen molar-refractivity contribution in [3.8, 4) is 16.2 Å². The van der Waals surface area contributed by atoms with E-state index in [9.17, 15) is 9.18 Å². The first kappa shape index (κ1) is 21.6. The summed E-state index contributed by atoms with van der Waals surface area (Å²) >= 11 is 2.86. The number of nitrogens with one attached hydrogen (secondary N) is 2. The number of nitrogens with zero attached hydrogens (tertiary/aromatic N) is 1. The largest absolute Gasteiger partial charge is 0.495 e. The lowest BCUT2D eigenvalue weighted by Gasteiger charge is -2.12. The fraction of sp³-hybridized carbons (Fsp3) is 0.304. The molecule has 1 amide bonds. The molecule has 8 heteroatoms. The van der Waals surface area contributed by atoms with Gasteiger partial charge in [0.25, 0.3) is 0 Å². The summed E-state index contributed by atoms with van der Waals surface area (Å²) in [5.41, 5.74) is 2.66. The van der Waals surface area contributed by atoms with Crippen molar-refractivity contribution in [2.24, 2.45) is 5.92 Å². The molecule has 1 aromatic heterocycles. The number of thiazole rings is 1. The highest BCUT2D eigenvalue weighted by Crippen LogP contribution is 2.38. The number of methoxy groups -OCH3 is 1. The maximum absolute atomic E-state index is 13.1. The molecule has 0 unspecified atom stereocenters. The van der Waals surface area contributed by atoms with Gasteiger partial charge >= 0.3 is 0 Å². The van der Waals surface area contributed by atoms with Crippen molar-refractivity contribution in [2.45, 2.75) is 37.5 Å². The Morgan fingerprint density at radius 2 is 1.94 bits per heavy atom. The highest BCUT2D eigenvalue weighted by atomic mass is 32.2. The third-order valence-corrected chi connectivity index (χ3v) is 7.26. The van der Waals surface area contributed by atoms with Crippen LogP contribution in [-0.4, -0.2) is 18.0 Å². The van der Waals surface area contributed by atoms with Crippen LogP contribution < -0.4 is 14.8 Å². The highest BCUT2D eigenvalue weighted by molar-refractivity contribution is 8.00. The van der Waals surface area contributed by atoms with E-state index in [1.54, 1.807) is 19.2 Å². The Morgan fingerprint density at radius 3 is 2.65 bits per heavy atom. The lowest BCUT2D eigenvalue weighted by Crippen LogP contribution is -2.20. The van der Waals surface area contributed by atoms with Crippen molar-refractivity contribution in [1.82, 2.24) is 4.98 Å². The Bertz CT molecular complexity index is 1060. The van der Waals surface area contributed by atoms with E-state index in [1.165, 1.54) is 35.4 Å². The second-order valence-corrected chi connectivity index (χ2v) is 9.36. The summed E-state index contributed by atoms with van der Waals surface area (Å²) in [6.45, 7) is 1.95. The number of carbonyl (C=O) groups is 1. The fourth-order valence-electron chi connectivity index (χ4n) is 3.66. The summed E-state index contributed by atoms with van der Waals surface area (Å²) in [7, 11) is 1.62. The summed E-state index contributed by atoms with van der Waals surface area (Å²) in [6.07, 6.45) is 4.17. The zero-order valence-corrected chi connectivity index (χ0v) is 19.0. The van der Waals surface area contributed by atoms with Crippen LogP contribution in [-0.2, 0) is 4.79 Å². The van der Waals surface area contributed by atoms with E-state index in [4.69, 9.17) is 4.74 Å². The standard InChI is InChI=1S/C23H24FN3O2S2/c1-14-21(30-23(25-14)26-22(28)15-5-3-4-6-15)16-7-12-20(29-2)19(13-16)27-31-18-10-8-17(24)9-11-18/h7-13,15,27H,3-6H2,1-2H3,(H,25,26,28). The number of aryl methyl sites for hydroxylation is 1. The van der Waals surface area contributed by atoms with Gasteiger partial charge in [0.05, 0.1) is 23.4 Å². The van der Waals surface area contributed by atoms with Crippen LogP contribution in [0.3, 0.4) is 0 Å². The molecule has 1 saturated carbocycles. The van der Waals surface area contributed by atoms with Crippen molar-refractivity contribution in [3.63, 3.8) is 0 Å². The van der Waals surface area contributed by atoms with Crippen molar-refractivity contribution in [1.29, 1.82) is 0 Å². The molecule has 0 spiro atoms. The SMILES string of the molecule is COc1ccc(-c2sc(NC(=O)C3CCCC3)nc2C)cc1NSc1ccc(F)cc1. The molecular weight excluding hydrogens is 433 g/mol. The minimum Gasteiger partial charge on any atom is -0.495 e. The fourth-order valence-corrected chi connectivity index (χ4v) is 5.28. The van der Waals surface area contributed by atoms with Gasteiger partial charge in [-0.1, -0.05) is 24.2 Å². The number of hydrogen-bond donors (Lipinski definition) is 2. The van der Waals surface area contributed by atoms with Crippen LogP contribution >= 0.6 is 23.3 Å². The van der Waals surface area contributed by atoms with Gasteiger partial charge in [-0.15, -0.1) is 0 Å². The van der Waals surface area contributed by atoms with Crippen LogP contribution in [0.15, 0.2) is 47.4 Å². The molecule has 2 N–H and O–H groups in total.